The summed E-state index contributed by atoms with van der Waals surface area (Å²) in [5.74, 6) is -0.713. The van der Waals surface area contributed by atoms with Crippen molar-refractivity contribution >= 4 is 17.7 Å². The molecule has 8 nitrogen and oxygen atoms in total. The molecule has 1 unspecified atom stereocenters. The number of hydrogen-bond acceptors (Lipinski definition) is 6. The summed E-state index contributed by atoms with van der Waals surface area (Å²) in [6.07, 6.45) is -0.775. The summed E-state index contributed by atoms with van der Waals surface area (Å²) >= 11 is 0. The van der Waals surface area contributed by atoms with Crippen LogP contribution >= 0.6 is 0 Å². The van der Waals surface area contributed by atoms with Gasteiger partial charge in [-0.2, -0.15) is 0 Å². The van der Waals surface area contributed by atoms with Crippen molar-refractivity contribution in [2.45, 2.75) is 6.04 Å². The number of nitro benzene ring substituents is 1. The Bertz CT molecular complexity index is 567. The second kappa shape index (κ2) is 7.04. The van der Waals surface area contributed by atoms with Crippen LogP contribution in [0.3, 0.4) is 0 Å². The number of carbonyl (C=O) groups is 2. The average Bonchev–Trinajstić information content (AvgIpc) is 2.50. The Morgan fingerprint density at radius 2 is 1.81 bits per heavy atom. The molecule has 1 N–H and O–H groups in total. The normalized spacial score (nSPS) is 11.1. The molecular formula is C13H14N2O6. The molecule has 8 heteroatoms. The predicted octanol–water partition coefficient (Wildman–Crippen LogP) is 1.72. The Hall–Kier alpha value is -2.90. The molecule has 0 saturated heterocycles. The van der Waals surface area contributed by atoms with E-state index in [0.29, 0.717) is 5.56 Å². The minimum absolute atomic E-state index is 0.0308. The molecule has 0 aliphatic heterocycles. The van der Waals surface area contributed by atoms with Crippen molar-refractivity contribution in [1.82, 2.24) is 5.32 Å². The molecule has 0 aromatic heterocycles. The van der Waals surface area contributed by atoms with Crippen LogP contribution in [0.25, 0.3) is 0 Å². The second-order valence-corrected chi connectivity index (χ2v) is 3.93. The van der Waals surface area contributed by atoms with Crippen molar-refractivity contribution in [3.8, 4) is 0 Å². The first kappa shape index (κ1) is 16.2. The maximum Gasteiger partial charge on any atom is 0.407 e. The van der Waals surface area contributed by atoms with Crippen LogP contribution in [0, 0.1) is 10.1 Å². The molecule has 0 saturated carbocycles. The lowest BCUT2D eigenvalue weighted by molar-refractivity contribution is -0.384. The number of ether oxygens (including phenoxy) is 2. The van der Waals surface area contributed by atoms with Gasteiger partial charge in [0.05, 0.1) is 30.8 Å². The van der Waals surface area contributed by atoms with E-state index in [1.54, 1.807) is 0 Å². The van der Waals surface area contributed by atoms with Crippen molar-refractivity contribution < 1.29 is 24.0 Å². The number of nitrogens with zero attached hydrogens (tertiary/aromatic N) is 1. The van der Waals surface area contributed by atoms with Crippen molar-refractivity contribution in [1.29, 1.82) is 0 Å². The minimum atomic E-state index is -0.911. The first-order valence-electron chi connectivity index (χ1n) is 5.76. The average molecular weight is 294 g/mol. The lowest BCUT2D eigenvalue weighted by Gasteiger charge is -2.19. The van der Waals surface area contributed by atoms with Crippen LogP contribution in [0.2, 0.25) is 0 Å². The lowest BCUT2D eigenvalue weighted by atomic mass is 10.00. The summed E-state index contributed by atoms with van der Waals surface area (Å²) in [6.45, 7) is 3.57. The Labute approximate surface area is 120 Å². The van der Waals surface area contributed by atoms with E-state index in [9.17, 15) is 19.7 Å². The topological polar surface area (TPSA) is 108 Å². The molecule has 21 heavy (non-hydrogen) atoms. The SMILES string of the molecule is C=C(C(=O)OC)C(NC(=O)OC)c1ccc([N+](=O)[O-])cc1. The van der Waals surface area contributed by atoms with E-state index >= 15 is 0 Å². The molecular weight excluding hydrogens is 280 g/mol. The lowest BCUT2D eigenvalue weighted by Crippen LogP contribution is -2.31. The third-order valence-corrected chi connectivity index (χ3v) is 2.68. The molecule has 0 aliphatic rings. The van der Waals surface area contributed by atoms with Gasteiger partial charge in [-0.05, 0) is 17.7 Å². The highest BCUT2D eigenvalue weighted by molar-refractivity contribution is 5.90. The number of esters is 1. The zero-order chi connectivity index (χ0) is 16.0. The highest BCUT2D eigenvalue weighted by Crippen LogP contribution is 2.24. The summed E-state index contributed by atoms with van der Waals surface area (Å²) in [4.78, 5) is 33.0. The van der Waals surface area contributed by atoms with E-state index in [-0.39, 0.29) is 11.3 Å². The molecule has 0 fully saturated rings. The fourth-order valence-electron chi connectivity index (χ4n) is 1.59. The third kappa shape index (κ3) is 4.03. The maximum absolute atomic E-state index is 11.5. The fourth-order valence-corrected chi connectivity index (χ4v) is 1.59. The zero-order valence-electron chi connectivity index (χ0n) is 11.5. The molecule has 0 aliphatic carbocycles. The first-order chi connectivity index (χ1) is 9.90. The van der Waals surface area contributed by atoms with Crippen LogP contribution in [0.1, 0.15) is 11.6 Å². The molecule has 1 aromatic rings. The molecule has 112 valence electrons. The van der Waals surface area contributed by atoms with Crippen LogP contribution in [0.5, 0.6) is 0 Å². The van der Waals surface area contributed by atoms with Crippen molar-refractivity contribution in [2.24, 2.45) is 0 Å². The van der Waals surface area contributed by atoms with Gasteiger partial charge in [0.1, 0.15) is 0 Å². The van der Waals surface area contributed by atoms with Gasteiger partial charge in [0, 0.05) is 12.1 Å². The minimum Gasteiger partial charge on any atom is -0.466 e. The van der Waals surface area contributed by atoms with E-state index in [2.05, 4.69) is 21.4 Å². The van der Waals surface area contributed by atoms with Crippen LogP contribution in [-0.2, 0) is 14.3 Å². The molecule has 1 atom stereocenters. The second-order valence-electron chi connectivity index (χ2n) is 3.93. The molecule has 1 rings (SSSR count). The quantitative estimate of drug-likeness (QED) is 0.383. The Balaban J connectivity index is 3.10. The highest BCUT2D eigenvalue weighted by atomic mass is 16.6. The summed E-state index contributed by atoms with van der Waals surface area (Å²) in [7, 11) is 2.35. The van der Waals surface area contributed by atoms with Gasteiger partial charge in [0.25, 0.3) is 5.69 Å². The highest BCUT2D eigenvalue weighted by Gasteiger charge is 2.24. The van der Waals surface area contributed by atoms with Gasteiger partial charge in [-0.15, -0.1) is 0 Å². The standard InChI is InChI=1S/C13H14N2O6/c1-8(12(16)20-2)11(14-13(17)21-3)9-4-6-10(7-5-9)15(18)19/h4-7,11H,1H2,2-3H3,(H,14,17). The summed E-state index contributed by atoms with van der Waals surface area (Å²) in [5, 5.41) is 13.0. The number of methoxy groups -OCH3 is 2. The van der Waals surface area contributed by atoms with Gasteiger partial charge in [-0.3, -0.25) is 10.1 Å². The number of alkyl carbamates (subject to hydrolysis) is 1. The Morgan fingerprint density at radius 3 is 2.24 bits per heavy atom. The van der Waals surface area contributed by atoms with E-state index < -0.39 is 23.0 Å². The van der Waals surface area contributed by atoms with Gasteiger partial charge in [0.15, 0.2) is 0 Å². The van der Waals surface area contributed by atoms with Gasteiger partial charge in [-0.25, -0.2) is 9.59 Å². The number of hydrogen-bond donors (Lipinski definition) is 1. The number of nitrogens with one attached hydrogen (secondary N) is 1. The fraction of sp³-hybridized carbons (Fsp3) is 0.231. The number of rotatable bonds is 5. The van der Waals surface area contributed by atoms with E-state index in [1.807, 2.05) is 0 Å². The molecule has 0 spiro atoms. The van der Waals surface area contributed by atoms with Crippen LogP contribution in [0.4, 0.5) is 10.5 Å². The van der Waals surface area contributed by atoms with Crippen molar-refractivity contribution in [3.05, 3.63) is 52.1 Å². The van der Waals surface area contributed by atoms with Crippen LogP contribution in [-0.4, -0.2) is 31.2 Å². The van der Waals surface area contributed by atoms with Gasteiger partial charge in [-0.1, -0.05) is 6.58 Å². The number of benzene rings is 1. The first-order valence-corrected chi connectivity index (χ1v) is 5.76. The van der Waals surface area contributed by atoms with Crippen LogP contribution in [0.15, 0.2) is 36.4 Å². The van der Waals surface area contributed by atoms with Crippen molar-refractivity contribution in [2.75, 3.05) is 14.2 Å². The maximum atomic E-state index is 11.5. The van der Waals surface area contributed by atoms with Gasteiger partial charge < -0.3 is 14.8 Å². The van der Waals surface area contributed by atoms with E-state index in [0.717, 1.165) is 0 Å². The molecule has 0 bridgehead atoms. The predicted molar refractivity (Wildman–Crippen MR) is 72.5 cm³/mol. The Kier molecular flexibility index (Phi) is 5.41. The molecule has 1 amide bonds. The summed E-state index contributed by atoms with van der Waals surface area (Å²) in [5.41, 5.74) is 0.289. The van der Waals surface area contributed by atoms with E-state index in [1.165, 1.54) is 38.5 Å². The number of amides is 1. The zero-order valence-corrected chi connectivity index (χ0v) is 11.5. The molecule has 0 radical (unpaired) electrons. The smallest absolute Gasteiger partial charge is 0.407 e. The van der Waals surface area contributed by atoms with Gasteiger partial charge in [0.2, 0.25) is 0 Å². The monoisotopic (exact) mass is 294 g/mol. The number of non-ortho nitro benzene ring substituents is 1. The third-order valence-electron chi connectivity index (χ3n) is 2.68. The summed E-state index contributed by atoms with van der Waals surface area (Å²) in [6, 6.07) is 4.42. The molecule has 0 heterocycles. The summed E-state index contributed by atoms with van der Waals surface area (Å²) < 4.78 is 9.03. The van der Waals surface area contributed by atoms with Crippen molar-refractivity contribution in [3.63, 3.8) is 0 Å². The van der Waals surface area contributed by atoms with E-state index in [4.69, 9.17) is 0 Å². The van der Waals surface area contributed by atoms with Crippen LogP contribution < -0.4 is 5.32 Å². The largest absolute Gasteiger partial charge is 0.466 e. The van der Waals surface area contributed by atoms with Gasteiger partial charge >= 0.3 is 12.1 Å². The molecule has 1 aromatic carbocycles. The number of carbonyl (C=O) groups excluding carboxylic acids is 2. The Morgan fingerprint density at radius 1 is 1.24 bits per heavy atom. The number of nitro groups is 1.